The lowest BCUT2D eigenvalue weighted by Gasteiger charge is -2.26. The van der Waals surface area contributed by atoms with Gasteiger partial charge in [0.2, 0.25) is 0 Å². The number of nitrogens with one attached hydrogen (secondary N) is 1. The van der Waals surface area contributed by atoms with Gasteiger partial charge in [-0.25, -0.2) is 0 Å². The van der Waals surface area contributed by atoms with Crippen molar-refractivity contribution in [1.29, 1.82) is 0 Å². The van der Waals surface area contributed by atoms with Crippen LogP contribution in [-0.2, 0) is 0 Å². The van der Waals surface area contributed by atoms with Crippen molar-refractivity contribution in [3.63, 3.8) is 0 Å². The lowest BCUT2D eigenvalue weighted by atomic mass is 9.97. The van der Waals surface area contributed by atoms with Crippen LogP contribution in [0.3, 0.4) is 0 Å². The van der Waals surface area contributed by atoms with Gasteiger partial charge in [-0.05, 0) is 20.3 Å². The fraction of sp³-hybridized carbons (Fsp3) is 1.00. The molecule has 0 rings (SSSR count). The molecule has 0 aliphatic rings. The van der Waals surface area contributed by atoms with Crippen molar-refractivity contribution in [3.8, 4) is 0 Å². The predicted molar refractivity (Wildman–Crippen MR) is 120 cm³/mol. The number of hydrogen-bond donors (Lipinski definition) is 1. The van der Waals surface area contributed by atoms with Gasteiger partial charge in [0.1, 0.15) is 0 Å². The molecule has 0 aromatic rings. The van der Waals surface area contributed by atoms with E-state index in [0.29, 0.717) is 5.54 Å². The first-order chi connectivity index (χ1) is 12.1. The molecule has 1 nitrogen and oxygen atoms in total. The molecule has 25 heavy (non-hydrogen) atoms. The van der Waals surface area contributed by atoms with Crippen LogP contribution < -0.4 is 4.98 Å². The summed E-state index contributed by atoms with van der Waals surface area (Å²) in [6, 6.07) is 1.45. The van der Waals surface area contributed by atoms with Crippen molar-refractivity contribution in [2.45, 2.75) is 148 Å². The molecule has 0 unspecified atom stereocenters. The Morgan fingerprint density at radius 3 is 1.36 bits per heavy atom. The maximum atomic E-state index is 3.85. The smallest absolute Gasteiger partial charge is 0.0921 e. The van der Waals surface area contributed by atoms with E-state index in [1.54, 1.807) is 0 Å². The number of rotatable bonds is 20. The quantitative estimate of drug-likeness (QED) is 0.173. The average Bonchev–Trinajstić information content (AvgIpc) is 2.58. The second kappa shape index (κ2) is 19.0. The summed E-state index contributed by atoms with van der Waals surface area (Å²) in [6.07, 6.45) is 24.6. The Kier molecular flexibility index (Phi) is 19.1. The van der Waals surface area contributed by atoms with E-state index in [2.05, 4.69) is 32.7 Å². The normalized spacial score (nSPS) is 12.5. The molecule has 0 heterocycles. The fourth-order valence-electron chi connectivity index (χ4n) is 3.63. The summed E-state index contributed by atoms with van der Waals surface area (Å²) in [5, 5.41) is 0. The third-order valence-electron chi connectivity index (χ3n) is 5.54. The van der Waals surface area contributed by atoms with Gasteiger partial charge in [-0.1, -0.05) is 123 Å². The molecule has 0 spiro atoms. The van der Waals surface area contributed by atoms with Gasteiger partial charge in [-0.2, -0.15) is 0 Å². The summed E-state index contributed by atoms with van der Waals surface area (Å²) in [6.45, 7) is 9.41. The van der Waals surface area contributed by atoms with Crippen LogP contribution in [-0.4, -0.2) is 15.2 Å². The molecule has 2 heteroatoms. The minimum absolute atomic E-state index is 0.00876. The van der Waals surface area contributed by atoms with Crippen LogP contribution in [0.5, 0.6) is 0 Å². The zero-order valence-electron chi connectivity index (χ0n) is 18.4. The molecule has 0 fully saturated rings. The Bertz CT molecular complexity index is 252. The molecule has 0 bridgehead atoms. The highest BCUT2D eigenvalue weighted by Crippen LogP contribution is 2.16. The van der Waals surface area contributed by atoms with Crippen molar-refractivity contribution >= 4 is 9.68 Å². The molecular weight excluding hydrogens is 318 g/mol. The van der Waals surface area contributed by atoms with E-state index in [-0.39, 0.29) is 9.68 Å². The van der Waals surface area contributed by atoms with E-state index < -0.39 is 0 Å². The van der Waals surface area contributed by atoms with Crippen LogP contribution in [0.1, 0.15) is 137 Å². The summed E-state index contributed by atoms with van der Waals surface area (Å²) in [5.74, 6) is 0. The van der Waals surface area contributed by atoms with Gasteiger partial charge >= 0.3 is 0 Å². The van der Waals surface area contributed by atoms with Crippen LogP contribution in [0.25, 0.3) is 0 Å². The maximum Gasteiger partial charge on any atom is 0.0921 e. The zero-order chi connectivity index (χ0) is 18.6. The highest BCUT2D eigenvalue weighted by Gasteiger charge is 2.15. The van der Waals surface area contributed by atoms with Gasteiger partial charge in [-0.15, -0.1) is 0 Å². The van der Waals surface area contributed by atoms with Gasteiger partial charge in [0.25, 0.3) is 0 Å². The Morgan fingerprint density at radius 2 is 0.960 bits per heavy atom. The lowest BCUT2D eigenvalue weighted by Crippen LogP contribution is -2.41. The average molecular weight is 370 g/mol. The lowest BCUT2D eigenvalue weighted by molar-refractivity contribution is 0.406. The molecule has 0 atom stereocenters. The van der Waals surface area contributed by atoms with Gasteiger partial charge in [0.05, 0.1) is 9.68 Å². The Balaban J connectivity index is 3.18. The first-order valence-electron chi connectivity index (χ1n) is 11.9. The summed E-state index contributed by atoms with van der Waals surface area (Å²) in [7, 11) is -0.00876. The third kappa shape index (κ3) is 20.3. The molecule has 152 valence electrons. The summed E-state index contributed by atoms with van der Waals surface area (Å²) >= 11 is 0. The van der Waals surface area contributed by atoms with Crippen LogP contribution in [0.2, 0.25) is 6.04 Å². The van der Waals surface area contributed by atoms with Crippen LogP contribution in [0.15, 0.2) is 0 Å². The van der Waals surface area contributed by atoms with E-state index in [0.717, 1.165) is 0 Å². The second-order valence-corrected chi connectivity index (χ2v) is 10.4. The zero-order valence-corrected chi connectivity index (χ0v) is 19.8. The first-order valence-corrected chi connectivity index (χ1v) is 13.6. The molecule has 0 saturated heterocycles. The van der Waals surface area contributed by atoms with E-state index in [9.17, 15) is 0 Å². The molecular formula is C23H51NSi. The van der Waals surface area contributed by atoms with E-state index in [1.165, 1.54) is 115 Å². The third-order valence-corrected chi connectivity index (χ3v) is 7.81. The van der Waals surface area contributed by atoms with Crippen molar-refractivity contribution in [2.24, 2.45) is 0 Å². The second-order valence-electron chi connectivity index (χ2n) is 8.86. The highest BCUT2D eigenvalue weighted by molar-refractivity contribution is 6.32. The minimum Gasteiger partial charge on any atom is -0.337 e. The van der Waals surface area contributed by atoms with E-state index in [1.807, 2.05) is 0 Å². The predicted octanol–water partition coefficient (Wildman–Crippen LogP) is 7.53. The Morgan fingerprint density at radius 1 is 0.560 bits per heavy atom. The molecule has 0 aromatic heterocycles. The topological polar surface area (TPSA) is 12.0 Å². The molecule has 0 aromatic carbocycles. The first kappa shape index (κ1) is 25.2. The Hall–Kier alpha value is 0.177. The largest absolute Gasteiger partial charge is 0.337 e. The van der Waals surface area contributed by atoms with Gasteiger partial charge in [-0.3, -0.25) is 0 Å². The van der Waals surface area contributed by atoms with Gasteiger partial charge in [0, 0.05) is 5.54 Å². The molecule has 0 saturated carbocycles. The molecule has 0 amide bonds. The number of unbranched alkanes of at least 4 members (excludes halogenated alkanes) is 14. The SMILES string of the molecule is CCCCCCCCCCCCCCCCCC(C)(C)N[SiH2]CCC. The highest BCUT2D eigenvalue weighted by atomic mass is 28.2. The molecule has 0 aliphatic carbocycles. The van der Waals surface area contributed by atoms with E-state index in [4.69, 9.17) is 0 Å². The van der Waals surface area contributed by atoms with E-state index >= 15 is 0 Å². The standard InChI is InChI=1S/C23H51NSi/c1-5-7-8-9-10-11-12-13-14-15-16-17-18-19-20-21-23(3,4)24-25-22-6-2/h24H,5-22,25H2,1-4H3. The minimum atomic E-state index is -0.00876. The van der Waals surface area contributed by atoms with Crippen molar-refractivity contribution in [2.75, 3.05) is 0 Å². The summed E-state index contributed by atoms with van der Waals surface area (Å²) in [4.78, 5) is 3.85. The van der Waals surface area contributed by atoms with Crippen molar-refractivity contribution in [3.05, 3.63) is 0 Å². The van der Waals surface area contributed by atoms with Crippen LogP contribution in [0, 0.1) is 0 Å². The van der Waals surface area contributed by atoms with Crippen LogP contribution in [0.4, 0.5) is 0 Å². The van der Waals surface area contributed by atoms with Crippen molar-refractivity contribution in [1.82, 2.24) is 4.98 Å². The Labute approximate surface area is 163 Å². The summed E-state index contributed by atoms with van der Waals surface area (Å²) < 4.78 is 0. The number of hydrogen-bond acceptors (Lipinski definition) is 1. The molecule has 1 N–H and O–H groups in total. The molecule has 0 aliphatic heterocycles. The van der Waals surface area contributed by atoms with Crippen LogP contribution >= 0.6 is 0 Å². The monoisotopic (exact) mass is 369 g/mol. The fourth-order valence-corrected chi connectivity index (χ4v) is 5.01. The maximum absolute atomic E-state index is 3.85. The summed E-state index contributed by atoms with van der Waals surface area (Å²) in [5.41, 5.74) is 0.401. The van der Waals surface area contributed by atoms with Gasteiger partial charge in [0.15, 0.2) is 0 Å². The van der Waals surface area contributed by atoms with Gasteiger partial charge < -0.3 is 4.98 Å². The molecule has 0 radical (unpaired) electrons. The van der Waals surface area contributed by atoms with Crippen molar-refractivity contribution < 1.29 is 0 Å².